The first-order chi connectivity index (χ1) is 22.0. The average Bonchev–Trinajstić information content (AvgIpc) is 3.03. The SMILES string of the molecule is CC(C)(C)OC(=O)N1CCN(CCCc2ccc(-c3ccccc3)c(Oc3ncc(F)cc3C(=O)NC3CCC(N)CC3)c2)CC1. The minimum atomic E-state index is -0.605. The van der Waals surface area contributed by atoms with Gasteiger partial charge in [0.2, 0.25) is 5.88 Å². The summed E-state index contributed by atoms with van der Waals surface area (Å²) in [4.78, 5) is 34.1. The van der Waals surface area contributed by atoms with E-state index < -0.39 is 17.3 Å². The number of aromatic nitrogens is 1. The molecule has 1 saturated heterocycles. The summed E-state index contributed by atoms with van der Waals surface area (Å²) in [5.74, 6) is -0.408. The monoisotopic (exact) mass is 631 g/mol. The molecule has 0 bridgehead atoms. The minimum Gasteiger partial charge on any atom is -0.444 e. The van der Waals surface area contributed by atoms with Gasteiger partial charge in [-0.15, -0.1) is 0 Å². The van der Waals surface area contributed by atoms with E-state index in [1.165, 1.54) is 6.07 Å². The lowest BCUT2D eigenvalue weighted by Gasteiger charge is -2.35. The van der Waals surface area contributed by atoms with Gasteiger partial charge in [-0.2, -0.15) is 0 Å². The lowest BCUT2D eigenvalue weighted by atomic mass is 9.91. The number of benzene rings is 2. The number of rotatable bonds is 9. The number of carbonyl (C=O) groups is 2. The summed E-state index contributed by atoms with van der Waals surface area (Å²) in [7, 11) is 0. The standard InChI is InChI=1S/C36H46FN5O4/c1-36(2,3)46-35(44)42-20-18-41(19-21-42)17-7-8-25-11-16-30(26-9-5-4-6-10-26)32(22-25)45-34-31(23-27(37)24-39-34)33(43)40-29-14-12-28(38)13-15-29/h4-6,9-11,16,22-24,28-29H,7-8,12-15,17-21,38H2,1-3H3,(H,40,43). The van der Waals surface area contributed by atoms with Gasteiger partial charge in [0.15, 0.2) is 0 Å². The molecule has 3 N–H and O–H groups in total. The second kappa shape index (κ2) is 15.0. The van der Waals surface area contributed by atoms with Gasteiger partial charge in [0.1, 0.15) is 22.7 Å². The molecular weight excluding hydrogens is 585 g/mol. The number of hydrogen-bond donors (Lipinski definition) is 2. The van der Waals surface area contributed by atoms with Gasteiger partial charge in [-0.1, -0.05) is 42.5 Å². The number of carbonyl (C=O) groups excluding carboxylic acids is 2. The smallest absolute Gasteiger partial charge is 0.410 e. The summed E-state index contributed by atoms with van der Waals surface area (Å²) in [6.07, 6.45) is 5.79. The Kier molecular flexibility index (Phi) is 10.9. The number of piperazine rings is 1. The molecule has 0 radical (unpaired) electrons. The van der Waals surface area contributed by atoms with Gasteiger partial charge < -0.3 is 25.4 Å². The van der Waals surface area contributed by atoms with E-state index in [1.54, 1.807) is 4.90 Å². The summed E-state index contributed by atoms with van der Waals surface area (Å²) in [6, 6.07) is 17.3. The molecule has 2 aliphatic rings. The first-order valence-corrected chi connectivity index (χ1v) is 16.3. The molecule has 1 aliphatic heterocycles. The van der Waals surface area contributed by atoms with E-state index in [-0.39, 0.29) is 29.6 Å². The summed E-state index contributed by atoms with van der Waals surface area (Å²) >= 11 is 0. The quantitative estimate of drug-likeness (QED) is 0.291. The molecule has 1 saturated carbocycles. The lowest BCUT2D eigenvalue weighted by molar-refractivity contribution is 0.0144. The first-order valence-electron chi connectivity index (χ1n) is 16.3. The molecule has 2 fully saturated rings. The average molecular weight is 632 g/mol. The Morgan fingerprint density at radius 2 is 1.72 bits per heavy atom. The van der Waals surface area contributed by atoms with Crippen LogP contribution in [0.1, 0.15) is 68.8 Å². The summed E-state index contributed by atoms with van der Waals surface area (Å²) in [5, 5.41) is 3.03. The van der Waals surface area contributed by atoms with E-state index >= 15 is 0 Å². The lowest BCUT2D eigenvalue weighted by Crippen LogP contribution is -2.50. The molecule has 246 valence electrons. The van der Waals surface area contributed by atoms with Crippen LogP contribution in [-0.2, 0) is 11.2 Å². The Bertz CT molecular complexity index is 1480. The number of hydrogen-bond acceptors (Lipinski definition) is 7. The van der Waals surface area contributed by atoms with Crippen LogP contribution in [0.15, 0.2) is 60.8 Å². The molecule has 9 nitrogen and oxygen atoms in total. The molecule has 3 aromatic rings. The van der Waals surface area contributed by atoms with Gasteiger partial charge in [0.25, 0.3) is 5.91 Å². The van der Waals surface area contributed by atoms with Crippen LogP contribution in [0.5, 0.6) is 11.6 Å². The molecule has 46 heavy (non-hydrogen) atoms. The number of ether oxygens (including phenoxy) is 2. The van der Waals surface area contributed by atoms with Crippen LogP contribution < -0.4 is 15.8 Å². The molecule has 2 amide bonds. The first kappa shape index (κ1) is 33.3. The van der Waals surface area contributed by atoms with Gasteiger partial charge in [-0.3, -0.25) is 9.69 Å². The molecule has 1 aliphatic carbocycles. The summed E-state index contributed by atoms with van der Waals surface area (Å²) in [6.45, 7) is 9.43. The fourth-order valence-electron chi connectivity index (χ4n) is 5.95. The van der Waals surface area contributed by atoms with E-state index in [0.717, 1.165) is 81.0 Å². The normalized spacial score (nSPS) is 19.0. The van der Waals surface area contributed by atoms with Crippen LogP contribution in [-0.4, -0.2) is 77.2 Å². The zero-order chi connectivity index (χ0) is 32.7. The number of halogens is 1. The maximum Gasteiger partial charge on any atom is 0.410 e. The number of amides is 2. The fourth-order valence-corrected chi connectivity index (χ4v) is 5.95. The Morgan fingerprint density at radius 1 is 1.00 bits per heavy atom. The van der Waals surface area contributed by atoms with Gasteiger partial charge in [-0.05, 0) is 89.1 Å². The molecule has 10 heteroatoms. The molecule has 0 unspecified atom stereocenters. The third kappa shape index (κ3) is 9.26. The highest BCUT2D eigenvalue weighted by Gasteiger charge is 2.26. The Morgan fingerprint density at radius 3 is 2.41 bits per heavy atom. The zero-order valence-corrected chi connectivity index (χ0v) is 27.1. The fraction of sp³-hybridized carbons (Fsp3) is 0.472. The topological polar surface area (TPSA) is 110 Å². The summed E-state index contributed by atoms with van der Waals surface area (Å²) in [5.41, 5.74) is 8.47. The van der Waals surface area contributed by atoms with Crippen LogP contribution in [0.2, 0.25) is 0 Å². The van der Waals surface area contributed by atoms with Crippen molar-refractivity contribution in [2.45, 2.75) is 77.0 Å². The van der Waals surface area contributed by atoms with Crippen molar-refractivity contribution >= 4 is 12.0 Å². The van der Waals surface area contributed by atoms with E-state index in [1.807, 2.05) is 63.2 Å². The molecule has 0 atom stereocenters. The van der Waals surface area contributed by atoms with Crippen molar-refractivity contribution < 1.29 is 23.5 Å². The number of nitrogens with zero attached hydrogens (tertiary/aromatic N) is 3. The highest BCUT2D eigenvalue weighted by atomic mass is 19.1. The maximum absolute atomic E-state index is 14.4. The number of pyridine rings is 1. The van der Waals surface area contributed by atoms with Crippen LogP contribution in [0.25, 0.3) is 11.1 Å². The maximum atomic E-state index is 14.4. The van der Waals surface area contributed by atoms with Crippen LogP contribution in [0, 0.1) is 5.82 Å². The van der Waals surface area contributed by atoms with Crippen molar-refractivity contribution in [2.75, 3.05) is 32.7 Å². The van der Waals surface area contributed by atoms with Crippen molar-refractivity contribution in [3.63, 3.8) is 0 Å². The molecule has 1 aromatic heterocycles. The number of aryl methyl sites for hydroxylation is 1. The highest BCUT2D eigenvalue weighted by molar-refractivity contribution is 5.96. The van der Waals surface area contributed by atoms with Crippen molar-refractivity contribution in [3.8, 4) is 22.8 Å². The molecule has 0 spiro atoms. The van der Waals surface area contributed by atoms with Gasteiger partial charge in [0, 0.05) is 43.8 Å². The second-order valence-corrected chi connectivity index (χ2v) is 13.3. The number of nitrogens with one attached hydrogen (secondary N) is 1. The van der Waals surface area contributed by atoms with Crippen molar-refractivity contribution in [3.05, 3.63) is 77.7 Å². The third-order valence-corrected chi connectivity index (χ3v) is 8.47. The van der Waals surface area contributed by atoms with E-state index in [0.29, 0.717) is 18.8 Å². The third-order valence-electron chi connectivity index (χ3n) is 8.47. The zero-order valence-electron chi connectivity index (χ0n) is 27.1. The van der Waals surface area contributed by atoms with E-state index in [4.69, 9.17) is 15.2 Å². The predicted molar refractivity (Wildman–Crippen MR) is 176 cm³/mol. The van der Waals surface area contributed by atoms with Gasteiger partial charge >= 0.3 is 6.09 Å². The van der Waals surface area contributed by atoms with Crippen molar-refractivity contribution in [1.29, 1.82) is 0 Å². The molecular formula is C36H46FN5O4. The Labute approximate surface area is 271 Å². The predicted octanol–water partition coefficient (Wildman–Crippen LogP) is 6.17. The number of nitrogens with two attached hydrogens (primary N) is 1. The van der Waals surface area contributed by atoms with Crippen LogP contribution in [0.3, 0.4) is 0 Å². The molecule has 2 aromatic carbocycles. The Balaban J connectivity index is 1.27. The van der Waals surface area contributed by atoms with E-state index in [2.05, 4.69) is 21.3 Å². The van der Waals surface area contributed by atoms with E-state index in [9.17, 15) is 14.0 Å². The van der Waals surface area contributed by atoms with Crippen molar-refractivity contribution in [1.82, 2.24) is 20.1 Å². The largest absolute Gasteiger partial charge is 0.444 e. The van der Waals surface area contributed by atoms with Crippen LogP contribution in [0.4, 0.5) is 9.18 Å². The minimum absolute atomic E-state index is 0.0214. The van der Waals surface area contributed by atoms with Gasteiger partial charge in [-0.25, -0.2) is 14.2 Å². The van der Waals surface area contributed by atoms with Crippen molar-refractivity contribution in [2.24, 2.45) is 5.73 Å². The Hall–Kier alpha value is -4.02. The highest BCUT2D eigenvalue weighted by Crippen LogP contribution is 2.35. The summed E-state index contributed by atoms with van der Waals surface area (Å²) < 4.78 is 26.2. The van der Waals surface area contributed by atoms with Crippen LogP contribution >= 0.6 is 0 Å². The molecule has 5 rings (SSSR count). The molecule has 2 heterocycles. The van der Waals surface area contributed by atoms with Gasteiger partial charge in [0.05, 0.1) is 6.20 Å². The second-order valence-electron chi connectivity index (χ2n) is 13.3.